The summed E-state index contributed by atoms with van der Waals surface area (Å²) in [6, 6.07) is 13.4. The van der Waals surface area contributed by atoms with Gasteiger partial charge in [-0.05, 0) is 50.0 Å². The standard InChI is InChI=1S/C20H26ClN3O2/c1-23(2)16-9-6-14(7-10-16)18(24(3)4)13-22-20(25)17-12-15(21)8-11-19(17)26-5/h6-12,18H,13H2,1-5H3,(H,22,25)/t18-/m0/s1. The predicted molar refractivity (Wildman–Crippen MR) is 108 cm³/mol. The Morgan fingerprint density at radius 2 is 1.77 bits per heavy atom. The van der Waals surface area contributed by atoms with Crippen LogP contribution in [0.3, 0.4) is 0 Å². The number of ether oxygens (including phenoxy) is 1. The molecule has 2 aromatic carbocycles. The van der Waals surface area contributed by atoms with E-state index in [9.17, 15) is 4.79 Å². The van der Waals surface area contributed by atoms with Crippen molar-refractivity contribution >= 4 is 23.2 Å². The van der Waals surface area contributed by atoms with E-state index in [2.05, 4.69) is 39.4 Å². The van der Waals surface area contributed by atoms with Gasteiger partial charge >= 0.3 is 0 Å². The lowest BCUT2D eigenvalue weighted by Crippen LogP contribution is -2.34. The van der Waals surface area contributed by atoms with E-state index in [-0.39, 0.29) is 11.9 Å². The third-order valence-electron chi connectivity index (χ3n) is 4.28. The highest BCUT2D eigenvalue weighted by Gasteiger charge is 2.18. The Morgan fingerprint density at radius 1 is 1.12 bits per heavy atom. The first-order valence-corrected chi connectivity index (χ1v) is 8.76. The summed E-state index contributed by atoms with van der Waals surface area (Å²) in [6.07, 6.45) is 0. The van der Waals surface area contributed by atoms with Crippen molar-refractivity contribution in [3.63, 3.8) is 0 Å². The molecule has 0 bridgehead atoms. The van der Waals surface area contributed by atoms with E-state index in [1.54, 1.807) is 18.2 Å². The number of carbonyl (C=O) groups is 1. The molecular weight excluding hydrogens is 350 g/mol. The van der Waals surface area contributed by atoms with Gasteiger partial charge in [0.2, 0.25) is 0 Å². The zero-order valence-electron chi connectivity index (χ0n) is 15.9. The highest BCUT2D eigenvalue weighted by atomic mass is 35.5. The van der Waals surface area contributed by atoms with Crippen LogP contribution in [0, 0.1) is 0 Å². The van der Waals surface area contributed by atoms with Gasteiger partial charge in [0.1, 0.15) is 5.75 Å². The molecule has 0 unspecified atom stereocenters. The Balaban J connectivity index is 2.13. The molecule has 5 nitrogen and oxygen atoms in total. The van der Waals surface area contributed by atoms with E-state index in [0.29, 0.717) is 22.9 Å². The molecule has 26 heavy (non-hydrogen) atoms. The molecule has 1 amide bonds. The Kier molecular flexibility index (Phi) is 6.89. The van der Waals surface area contributed by atoms with Crippen LogP contribution in [0.25, 0.3) is 0 Å². The number of benzene rings is 2. The summed E-state index contributed by atoms with van der Waals surface area (Å²) in [5.74, 6) is 0.296. The minimum atomic E-state index is -0.207. The minimum absolute atomic E-state index is 0.0559. The third-order valence-corrected chi connectivity index (χ3v) is 4.51. The Hall–Kier alpha value is -2.24. The van der Waals surface area contributed by atoms with Gasteiger partial charge in [-0.2, -0.15) is 0 Å². The molecule has 140 valence electrons. The number of anilines is 1. The van der Waals surface area contributed by atoms with Gasteiger partial charge in [-0.15, -0.1) is 0 Å². The van der Waals surface area contributed by atoms with Crippen molar-refractivity contribution in [3.8, 4) is 5.75 Å². The molecule has 2 rings (SSSR count). The number of amides is 1. The number of hydrogen-bond donors (Lipinski definition) is 1. The van der Waals surface area contributed by atoms with Gasteiger partial charge in [-0.25, -0.2) is 0 Å². The first-order chi connectivity index (χ1) is 12.3. The molecule has 0 radical (unpaired) electrons. The summed E-state index contributed by atoms with van der Waals surface area (Å²) in [6.45, 7) is 0.475. The van der Waals surface area contributed by atoms with E-state index in [1.165, 1.54) is 7.11 Å². The maximum Gasteiger partial charge on any atom is 0.255 e. The zero-order chi connectivity index (χ0) is 19.3. The topological polar surface area (TPSA) is 44.8 Å². The van der Waals surface area contributed by atoms with Gasteiger partial charge in [-0.1, -0.05) is 23.7 Å². The van der Waals surface area contributed by atoms with Crippen LogP contribution in [0.5, 0.6) is 5.75 Å². The molecule has 6 heteroatoms. The fourth-order valence-electron chi connectivity index (χ4n) is 2.74. The van der Waals surface area contributed by atoms with Crippen LogP contribution in [0.1, 0.15) is 22.0 Å². The second-order valence-corrected chi connectivity index (χ2v) is 6.96. The number of nitrogens with one attached hydrogen (secondary N) is 1. The number of likely N-dealkylation sites (N-methyl/N-ethyl adjacent to an activating group) is 1. The molecule has 0 aromatic heterocycles. The van der Waals surface area contributed by atoms with Crippen LogP contribution < -0.4 is 15.0 Å². The van der Waals surface area contributed by atoms with E-state index in [0.717, 1.165) is 11.3 Å². The summed E-state index contributed by atoms with van der Waals surface area (Å²) in [5.41, 5.74) is 2.71. The number of methoxy groups -OCH3 is 1. The number of rotatable bonds is 7. The minimum Gasteiger partial charge on any atom is -0.496 e. The van der Waals surface area contributed by atoms with Crippen molar-refractivity contribution < 1.29 is 9.53 Å². The molecule has 0 aliphatic heterocycles. The first kappa shape index (κ1) is 20.1. The predicted octanol–water partition coefficient (Wildman–Crippen LogP) is 3.45. The molecule has 0 aliphatic rings. The lowest BCUT2D eigenvalue weighted by atomic mass is 10.0. The molecule has 1 N–H and O–H groups in total. The lowest BCUT2D eigenvalue weighted by Gasteiger charge is -2.26. The Morgan fingerprint density at radius 3 is 2.31 bits per heavy atom. The van der Waals surface area contributed by atoms with Gasteiger partial charge < -0.3 is 19.9 Å². The molecule has 0 saturated heterocycles. The van der Waals surface area contributed by atoms with E-state index >= 15 is 0 Å². The average molecular weight is 376 g/mol. The molecule has 0 saturated carbocycles. The fourth-order valence-corrected chi connectivity index (χ4v) is 2.91. The summed E-state index contributed by atoms with van der Waals surface area (Å²) >= 11 is 6.02. The second kappa shape index (κ2) is 8.92. The van der Waals surface area contributed by atoms with E-state index in [4.69, 9.17) is 16.3 Å². The largest absolute Gasteiger partial charge is 0.496 e. The van der Waals surface area contributed by atoms with Gasteiger partial charge in [-0.3, -0.25) is 4.79 Å². The third kappa shape index (κ3) is 4.90. The molecule has 0 aliphatic carbocycles. The van der Waals surface area contributed by atoms with Crippen molar-refractivity contribution in [1.29, 1.82) is 0 Å². The number of nitrogens with zero attached hydrogens (tertiary/aromatic N) is 2. The zero-order valence-corrected chi connectivity index (χ0v) is 16.7. The van der Waals surface area contributed by atoms with Gasteiger partial charge in [0.15, 0.2) is 0 Å². The van der Waals surface area contributed by atoms with E-state index in [1.807, 2.05) is 28.2 Å². The van der Waals surface area contributed by atoms with Gasteiger partial charge in [0.25, 0.3) is 5.91 Å². The highest BCUT2D eigenvalue weighted by molar-refractivity contribution is 6.31. The van der Waals surface area contributed by atoms with Gasteiger partial charge in [0, 0.05) is 31.4 Å². The Labute approximate surface area is 160 Å². The van der Waals surface area contributed by atoms with Crippen molar-refractivity contribution in [3.05, 3.63) is 58.6 Å². The number of carbonyl (C=O) groups excluding carboxylic acids is 1. The second-order valence-electron chi connectivity index (χ2n) is 6.52. The first-order valence-electron chi connectivity index (χ1n) is 8.39. The molecular formula is C20H26ClN3O2. The molecule has 0 heterocycles. The highest BCUT2D eigenvalue weighted by Crippen LogP contribution is 2.24. The van der Waals surface area contributed by atoms with Crippen LogP contribution in [-0.4, -0.2) is 52.7 Å². The summed E-state index contributed by atoms with van der Waals surface area (Å²) in [5, 5.41) is 3.49. The van der Waals surface area contributed by atoms with E-state index < -0.39 is 0 Å². The van der Waals surface area contributed by atoms with Crippen molar-refractivity contribution in [2.45, 2.75) is 6.04 Å². The van der Waals surface area contributed by atoms with Crippen LogP contribution >= 0.6 is 11.6 Å². The molecule has 0 spiro atoms. The quantitative estimate of drug-likeness (QED) is 0.805. The smallest absolute Gasteiger partial charge is 0.255 e. The number of hydrogen-bond acceptors (Lipinski definition) is 4. The van der Waals surface area contributed by atoms with Crippen molar-refractivity contribution in [1.82, 2.24) is 10.2 Å². The maximum absolute atomic E-state index is 12.6. The van der Waals surface area contributed by atoms with Crippen LogP contribution in [0.4, 0.5) is 5.69 Å². The molecule has 2 aromatic rings. The van der Waals surface area contributed by atoms with Crippen molar-refractivity contribution in [2.24, 2.45) is 0 Å². The SMILES string of the molecule is COc1ccc(Cl)cc1C(=O)NC[C@@H](c1ccc(N(C)C)cc1)N(C)C. The van der Waals surface area contributed by atoms with Crippen LogP contribution in [0.2, 0.25) is 5.02 Å². The lowest BCUT2D eigenvalue weighted by molar-refractivity contribution is 0.0939. The number of halogens is 1. The molecule has 0 fully saturated rings. The van der Waals surface area contributed by atoms with Gasteiger partial charge in [0.05, 0.1) is 18.7 Å². The van der Waals surface area contributed by atoms with Crippen LogP contribution in [-0.2, 0) is 0 Å². The summed E-state index contributed by atoms with van der Waals surface area (Å²) in [7, 11) is 9.55. The monoisotopic (exact) mass is 375 g/mol. The summed E-state index contributed by atoms with van der Waals surface area (Å²) < 4.78 is 5.26. The van der Waals surface area contributed by atoms with Crippen LogP contribution in [0.15, 0.2) is 42.5 Å². The fraction of sp³-hybridized carbons (Fsp3) is 0.350. The average Bonchev–Trinajstić information content (AvgIpc) is 2.61. The van der Waals surface area contributed by atoms with Crippen molar-refractivity contribution in [2.75, 3.05) is 46.7 Å². The molecule has 1 atom stereocenters. The normalized spacial score (nSPS) is 12.0. The Bertz CT molecular complexity index is 745. The summed E-state index contributed by atoms with van der Waals surface area (Å²) in [4.78, 5) is 16.7. The maximum atomic E-state index is 12.6.